The van der Waals surface area contributed by atoms with Crippen LogP contribution in [0.1, 0.15) is 5.56 Å². The topological polar surface area (TPSA) is 58.9 Å². The Kier molecular flexibility index (Phi) is 8.12. The van der Waals surface area contributed by atoms with Gasteiger partial charge >= 0.3 is 17.1 Å². The number of H-pyrrole nitrogens is 1. The Bertz CT molecular complexity index is 950. The van der Waals surface area contributed by atoms with Gasteiger partial charge in [0.05, 0.1) is 4.92 Å². The van der Waals surface area contributed by atoms with E-state index in [2.05, 4.69) is 17.8 Å². The molecule has 2 aliphatic rings. The van der Waals surface area contributed by atoms with Crippen LogP contribution in [0.5, 0.6) is 0 Å². The molecule has 3 aromatic rings. The molecule has 30 heavy (non-hydrogen) atoms. The molecule has 5 heteroatoms. The second kappa shape index (κ2) is 10.8. The molecule has 4 nitrogen and oxygen atoms in total. The summed E-state index contributed by atoms with van der Waals surface area (Å²) >= 11 is 0. The van der Waals surface area contributed by atoms with Crippen molar-refractivity contribution in [1.29, 1.82) is 0 Å². The first-order valence-corrected chi connectivity index (χ1v) is 9.44. The summed E-state index contributed by atoms with van der Waals surface area (Å²) in [4.78, 5) is 14.2. The van der Waals surface area contributed by atoms with Gasteiger partial charge in [0.1, 0.15) is 0 Å². The van der Waals surface area contributed by atoms with Crippen molar-refractivity contribution < 1.29 is 22.0 Å². The summed E-state index contributed by atoms with van der Waals surface area (Å²) in [6, 6.07) is 15.1. The van der Waals surface area contributed by atoms with Gasteiger partial charge in [0.15, 0.2) is 0 Å². The molecule has 2 aliphatic carbocycles. The number of benzene rings is 2. The summed E-state index contributed by atoms with van der Waals surface area (Å²) in [6.45, 7) is 0. The molecule has 2 aromatic carbocycles. The Morgan fingerprint density at radius 1 is 0.833 bits per heavy atom. The van der Waals surface area contributed by atoms with Crippen LogP contribution >= 0.6 is 0 Å². The Hall–Kier alpha value is -2.10. The molecule has 0 amide bonds. The third-order valence-electron chi connectivity index (χ3n) is 4.83. The summed E-state index contributed by atoms with van der Waals surface area (Å²) in [5.41, 5.74) is 4.22. The molecule has 10 radical (unpaired) electrons. The first kappa shape index (κ1) is 22.6. The summed E-state index contributed by atoms with van der Waals surface area (Å²) < 4.78 is 0. The normalized spacial score (nSPS) is 16.1. The number of hydrogen-bond donors (Lipinski definition) is 1. The Labute approximate surface area is 189 Å². The molecule has 1 N–H and O–H groups in total. The van der Waals surface area contributed by atoms with Crippen LogP contribution in [0.15, 0.2) is 48.5 Å². The second-order valence-corrected chi connectivity index (χ2v) is 6.76. The van der Waals surface area contributed by atoms with Gasteiger partial charge in [-0.15, -0.1) is 0 Å². The summed E-state index contributed by atoms with van der Waals surface area (Å²) in [7, 11) is 0. The first-order valence-electron chi connectivity index (χ1n) is 9.44. The predicted molar refractivity (Wildman–Crippen MR) is 116 cm³/mol. The third-order valence-corrected chi connectivity index (χ3v) is 4.83. The minimum absolute atomic E-state index is 0. The molecule has 2 saturated carbocycles. The van der Waals surface area contributed by atoms with Crippen molar-refractivity contribution in [2.24, 2.45) is 0 Å². The summed E-state index contributed by atoms with van der Waals surface area (Å²) in [6.07, 6.45) is 18.9. The molecule has 0 atom stereocenters. The maximum Gasteiger partial charge on any atom is 2.00 e. The SMILES string of the molecule is O=[N+]([O-])c1ccc2[nH]c(-c3ccccc3)c(C[C]3[CH][CH][CH][CH]3)c2c1.[CH]1[CH][CH][CH][CH]1.[Fe+2]. The van der Waals surface area contributed by atoms with Crippen molar-refractivity contribution in [3.63, 3.8) is 0 Å². The molecule has 0 spiro atoms. The standard InChI is InChI=1S/C20H15N2O2.C5H5.Fe/c23-22(24)16-10-11-19-17(13-16)18(12-14-6-4-5-7-14)20(21-19)15-8-2-1-3-9-15;1-2-4-5-3-1;/h1-11,13,21H,12H2;1-5H;/q;;+2. The van der Waals surface area contributed by atoms with E-state index in [0.717, 1.165) is 34.1 Å². The summed E-state index contributed by atoms with van der Waals surface area (Å²) in [5, 5.41) is 12.1. The molecule has 0 bridgehead atoms. The molecular weight excluding hydrogens is 416 g/mol. The van der Waals surface area contributed by atoms with Crippen LogP contribution in [0.3, 0.4) is 0 Å². The van der Waals surface area contributed by atoms with Gasteiger partial charge in [-0.3, -0.25) is 10.1 Å². The third kappa shape index (κ3) is 5.33. The zero-order valence-corrected chi connectivity index (χ0v) is 17.2. The number of nitro groups is 1. The van der Waals surface area contributed by atoms with Crippen molar-refractivity contribution in [2.75, 3.05) is 0 Å². The minimum atomic E-state index is -0.346. The van der Waals surface area contributed by atoms with E-state index >= 15 is 0 Å². The zero-order valence-electron chi connectivity index (χ0n) is 16.1. The molecule has 1 aromatic heterocycles. The molecule has 1 heterocycles. The van der Waals surface area contributed by atoms with Gasteiger partial charge in [0.25, 0.3) is 5.69 Å². The monoisotopic (exact) mass is 436 g/mol. The van der Waals surface area contributed by atoms with Crippen molar-refractivity contribution >= 4 is 16.6 Å². The van der Waals surface area contributed by atoms with Crippen LogP contribution in [0, 0.1) is 73.8 Å². The van der Waals surface area contributed by atoms with Gasteiger partial charge in [-0.25, -0.2) is 0 Å². The molecule has 0 aliphatic heterocycles. The van der Waals surface area contributed by atoms with E-state index < -0.39 is 0 Å². The Balaban J connectivity index is 0.000000376. The van der Waals surface area contributed by atoms with Gasteiger partial charge in [0, 0.05) is 28.7 Å². The minimum Gasteiger partial charge on any atom is -0.354 e. The maximum absolute atomic E-state index is 11.1. The van der Waals surface area contributed by atoms with Gasteiger partial charge in [-0.2, -0.15) is 0 Å². The van der Waals surface area contributed by atoms with Crippen molar-refractivity contribution in [3.8, 4) is 11.3 Å². The quantitative estimate of drug-likeness (QED) is 0.324. The second-order valence-electron chi connectivity index (χ2n) is 6.76. The van der Waals surface area contributed by atoms with Crippen LogP contribution in [-0.4, -0.2) is 9.91 Å². The van der Waals surface area contributed by atoms with Gasteiger partial charge in [-0.05, 0) is 87.3 Å². The molecule has 0 unspecified atom stereocenters. The van der Waals surface area contributed by atoms with E-state index in [9.17, 15) is 10.1 Å². The Morgan fingerprint density at radius 2 is 1.47 bits per heavy atom. The number of nitro benzene ring substituents is 1. The van der Waals surface area contributed by atoms with Crippen LogP contribution in [0.4, 0.5) is 5.69 Å². The summed E-state index contributed by atoms with van der Waals surface area (Å²) in [5.74, 6) is 1.19. The van der Waals surface area contributed by atoms with Crippen molar-refractivity contribution in [2.45, 2.75) is 6.42 Å². The van der Waals surface area contributed by atoms with E-state index in [1.165, 1.54) is 5.92 Å². The number of aromatic amines is 1. The van der Waals surface area contributed by atoms with Crippen LogP contribution < -0.4 is 0 Å². The van der Waals surface area contributed by atoms with Crippen LogP contribution in [-0.2, 0) is 23.5 Å². The molecule has 5 rings (SSSR count). The van der Waals surface area contributed by atoms with E-state index in [1.54, 1.807) is 18.2 Å². The fraction of sp³-hybridized carbons (Fsp3) is 0.0400. The maximum atomic E-state index is 11.1. The number of rotatable bonds is 4. The molecule has 148 valence electrons. The first-order chi connectivity index (χ1) is 14.2. The number of nitrogens with zero attached hydrogens (tertiary/aromatic N) is 1. The number of nitrogens with one attached hydrogen (secondary N) is 1. The van der Waals surface area contributed by atoms with Gasteiger partial charge < -0.3 is 4.98 Å². The van der Waals surface area contributed by atoms with E-state index in [0.29, 0.717) is 0 Å². The van der Waals surface area contributed by atoms with E-state index in [4.69, 9.17) is 0 Å². The fourth-order valence-electron chi connectivity index (χ4n) is 3.44. The Morgan fingerprint density at radius 3 is 2.07 bits per heavy atom. The van der Waals surface area contributed by atoms with E-state index in [1.807, 2.05) is 75.3 Å². The van der Waals surface area contributed by atoms with Gasteiger partial charge in [0.2, 0.25) is 0 Å². The smallest absolute Gasteiger partial charge is 0.354 e. The number of aromatic nitrogens is 1. The van der Waals surface area contributed by atoms with E-state index in [-0.39, 0.29) is 27.7 Å². The number of non-ortho nitro benzene ring substituents is 1. The van der Waals surface area contributed by atoms with Crippen molar-refractivity contribution in [1.82, 2.24) is 4.98 Å². The number of fused-ring (bicyclic) bond motifs is 1. The van der Waals surface area contributed by atoms with Gasteiger partial charge in [-0.1, -0.05) is 30.3 Å². The predicted octanol–water partition coefficient (Wildman–Crippen LogP) is 5.71. The average Bonchev–Trinajstić information content (AvgIpc) is 3.52. The molecule has 0 saturated heterocycles. The fourth-order valence-corrected chi connectivity index (χ4v) is 3.44. The average molecular weight is 436 g/mol. The van der Waals surface area contributed by atoms with Crippen LogP contribution in [0.2, 0.25) is 0 Å². The van der Waals surface area contributed by atoms with Crippen LogP contribution in [0.25, 0.3) is 22.2 Å². The molecule has 2 fully saturated rings. The zero-order chi connectivity index (χ0) is 20.1. The molecular formula is C25H20FeN2O2+2. The number of hydrogen-bond acceptors (Lipinski definition) is 2. The van der Waals surface area contributed by atoms with Crippen molar-refractivity contribution in [3.05, 3.63) is 128 Å². The largest absolute Gasteiger partial charge is 2.00 e.